The molecule has 0 aliphatic rings. The Morgan fingerprint density at radius 1 is 1.43 bits per heavy atom. The van der Waals surface area contributed by atoms with Gasteiger partial charge < -0.3 is 10.4 Å². The zero-order chi connectivity index (χ0) is 10.4. The van der Waals surface area contributed by atoms with Crippen LogP contribution in [0.1, 0.15) is 26.7 Å². The van der Waals surface area contributed by atoms with E-state index < -0.39 is 0 Å². The number of nitrogens with zero attached hydrogens (tertiary/aromatic N) is 2. The molecule has 0 saturated carbocycles. The lowest BCUT2D eigenvalue weighted by Gasteiger charge is -2.31. The Morgan fingerprint density at radius 3 is 2.57 bits per heavy atom. The first-order valence-corrected chi connectivity index (χ1v) is 4.91. The Labute approximate surface area is 84.4 Å². The normalized spacial score (nSPS) is 11.4. The first-order chi connectivity index (χ1) is 6.76. The van der Waals surface area contributed by atoms with Gasteiger partial charge in [-0.15, -0.1) is 0 Å². The average Bonchev–Trinajstić information content (AvgIpc) is 2.28. The van der Waals surface area contributed by atoms with Crippen LogP contribution < -0.4 is 5.32 Å². The van der Waals surface area contributed by atoms with Crippen LogP contribution in [0.4, 0.5) is 5.82 Å². The lowest BCUT2D eigenvalue weighted by atomic mass is 9.94. The molecule has 0 spiro atoms. The number of hydrogen-bond donors (Lipinski definition) is 2. The Morgan fingerprint density at radius 2 is 2.14 bits per heavy atom. The molecule has 0 fully saturated rings. The van der Waals surface area contributed by atoms with Gasteiger partial charge >= 0.3 is 0 Å². The SMILES string of the molecule is CCC(CC)(CO)Nc1ccncn1. The van der Waals surface area contributed by atoms with Crippen LogP contribution >= 0.6 is 0 Å². The third-order valence-electron chi connectivity index (χ3n) is 2.63. The van der Waals surface area contributed by atoms with Gasteiger partial charge in [0.15, 0.2) is 0 Å². The van der Waals surface area contributed by atoms with Crippen LogP contribution in [0.5, 0.6) is 0 Å². The van der Waals surface area contributed by atoms with E-state index in [1.165, 1.54) is 6.33 Å². The number of aliphatic hydroxyl groups is 1. The van der Waals surface area contributed by atoms with Crippen molar-refractivity contribution in [3.63, 3.8) is 0 Å². The van der Waals surface area contributed by atoms with Crippen molar-refractivity contribution in [2.45, 2.75) is 32.2 Å². The van der Waals surface area contributed by atoms with Crippen molar-refractivity contribution in [2.75, 3.05) is 11.9 Å². The smallest absolute Gasteiger partial charge is 0.129 e. The number of hydrogen-bond acceptors (Lipinski definition) is 4. The van der Waals surface area contributed by atoms with Crippen LogP contribution in [0, 0.1) is 0 Å². The summed E-state index contributed by atoms with van der Waals surface area (Å²) in [5.41, 5.74) is -0.256. The second-order valence-corrected chi connectivity index (χ2v) is 3.37. The monoisotopic (exact) mass is 195 g/mol. The van der Waals surface area contributed by atoms with E-state index >= 15 is 0 Å². The molecule has 0 bridgehead atoms. The minimum atomic E-state index is -0.256. The Kier molecular flexibility index (Phi) is 3.83. The van der Waals surface area contributed by atoms with Crippen LogP contribution in [0.25, 0.3) is 0 Å². The molecule has 2 N–H and O–H groups in total. The number of aliphatic hydroxyl groups excluding tert-OH is 1. The summed E-state index contributed by atoms with van der Waals surface area (Å²) in [6.07, 6.45) is 4.91. The van der Waals surface area contributed by atoms with Gasteiger partial charge in [0.25, 0.3) is 0 Å². The molecule has 78 valence electrons. The maximum Gasteiger partial charge on any atom is 0.129 e. The second kappa shape index (κ2) is 4.91. The van der Waals surface area contributed by atoms with Gasteiger partial charge in [-0.05, 0) is 18.9 Å². The third kappa shape index (κ3) is 2.42. The lowest BCUT2D eigenvalue weighted by molar-refractivity contribution is 0.202. The molecule has 1 rings (SSSR count). The summed E-state index contributed by atoms with van der Waals surface area (Å²) in [6.45, 7) is 4.21. The summed E-state index contributed by atoms with van der Waals surface area (Å²) in [4.78, 5) is 7.91. The van der Waals surface area contributed by atoms with Crippen LogP contribution in [0.3, 0.4) is 0 Å². The van der Waals surface area contributed by atoms with Gasteiger partial charge in [0.05, 0.1) is 12.1 Å². The van der Waals surface area contributed by atoms with E-state index in [1.807, 2.05) is 13.8 Å². The predicted octanol–water partition coefficient (Wildman–Crippen LogP) is 1.44. The highest BCUT2D eigenvalue weighted by molar-refractivity contribution is 5.35. The topological polar surface area (TPSA) is 58.0 Å². The highest BCUT2D eigenvalue weighted by Crippen LogP contribution is 2.19. The molecule has 4 heteroatoms. The summed E-state index contributed by atoms with van der Waals surface area (Å²) in [6, 6.07) is 1.80. The Balaban J connectivity index is 2.74. The van der Waals surface area contributed by atoms with Gasteiger partial charge in [-0.1, -0.05) is 13.8 Å². The molecular formula is C10H17N3O. The second-order valence-electron chi connectivity index (χ2n) is 3.37. The Hall–Kier alpha value is -1.16. The molecule has 1 heterocycles. The van der Waals surface area contributed by atoms with Crippen LogP contribution in [0.2, 0.25) is 0 Å². The fraction of sp³-hybridized carbons (Fsp3) is 0.600. The predicted molar refractivity (Wildman–Crippen MR) is 56.1 cm³/mol. The van der Waals surface area contributed by atoms with Crippen molar-refractivity contribution in [2.24, 2.45) is 0 Å². The van der Waals surface area contributed by atoms with Crippen LogP contribution in [0.15, 0.2) is 18.6 Å². The molecule has 0 aliphatic heterocycles. The summed E-state index contributed by atoms with van der Waals surface area (Å²) < 4.78 is 0. The molecule has 0 atom stereocenters. The van der Waals surface area contributed by atoms with E-state index in [-0.39, 0.29) is 12.1 Å². The van der Waals surface area contributed by atoms with Gasteiger partial charge in [0.1, 0.15) is 12.1 Å². The van der Waals surface area contributed by atoms with E-state index in [1.54, 1.807) is 12.3 Å². The summed E-state index contributed by atoms with van der Waals surface area (Å²) in [5.74, 6) is 0.762. The highest BCUT2D eigenvalue weighted by atomic mass is 16.3. The molecule has 0 amide bonds. The van der Waals surface area contributed by atoms with Crippen molar-refractivity contribution in [1.29, 1.82) is 0 Å². The van der Waals surface area contributed by atoms with Gasteiger partial charge in [-0.2, -0.15) is 0 Å². The maximum absolute atomic E-state index is 9.33. The number of nitrogens with one attached hydrogen (secondary N) is 1. The quantitative estimate of drug-likeness (QED) is 0.746. The first kappa shape index (κ1) is 10.9. The van der Waals surface area contributed by atoms with Gasteiger partial charge in [-0.25, -0.2) is 9.97 Å². The minimum absolute atomic E-state index is 0.115. The van der Waals surface area contributed by atoms with Crippen LogP contribution in [-0.2, 0) is 0 Å². The van der Waals surface area contributed by atoms with E-state index in [9.17, 15) is 5.11 Å². The van der Waals surface area contributed by atoms with E-state index in [2.05, 4.69) is 15.3 Å². The van der Waals surface area contributed by atoms with Crippen molar-refractivity contribution < 1.29 is 5.11 Å². The molecule has 0 aliphatic carbocycles. The third-order valence-corrected chi connectivity index (χ3v) is 2.63. The number of rotatable bonds is 5. The molecule has 0 unspecified atom stereocenters. The molecule has 0 saturated heterocycles. The number of aromatic nitrogens is 2. The van der Waals surface area contributed by atoms with Crippen molar-refractivity contribution in [3.8, 4) is 0 Å². The fourth-order valence-corrected chi connectivity index (χ4v) is 1.33. The molecule has 0 radical (unpaired) electrons. The summed E-state index contributed by atoms with van der Waals surface area (Å²) in [5, 5.41) is 12.6. The highest BCUT2D eigenvalue weighted by Gasteiger charge is 2.24. The molecular weight excluding hydrogens is 178 g/mol. The van der Waals surface area contributed by atoms with E-state index in [0.29, 0.717) is 0 Å². The van der Waals surface area contributed by atoms with Crippen LogP contribution in [-0.4, -0.2) is 27.2 Å². The Bertz CT molecular complexity index is 251. The molecule has 1 aromatic rings. The molecule has 1 aromatic heterocycles. The zero-order valence-electron chi connectivity index (χ0n) is 8.70. The molecule has 14 heavy (non-hydrogen) atoms. The van der Waals surface area contributed by atoms with Gasteiger partial charge in [-0.3, -0.25) is 0 Å². The zero-order valence-corrected chi connectivity index (χ0v) is 8.70. The van der Waals surface area contributed by atoms with Crippen molar-refractivity contribution in [1.82, 2.24) is 9.97 Å². The van der Waals surface area contributed by atoms with E-state index in [0.717, 1.165) is 18.7 Å². The van der Waals surface area contributed by atoms with Crippen molar-refractivity contribution >= 4 is 5.82 Å². The summed E-state index contributed by atoms with van der Waals surface area (Å²) in [7, 11) is 0. The minimum Gasteiger partial charge on any atom is -0.394 e. The van der Waals surface area contributed by atoms with Gasteiger partial charge in [0, 0.05) is 6.20 Å². The molecule has 4 nitrogen and oxygen atoms in total. The van der Waals surface area contributed by atoms with Gasteiger partial charge in [0.2, 0.25) is 0 Å². The summed E-state index contributed by atoms with van der Waals surface area (Å²) >= 11 is 0. The fourth-order valence-electron chi connectivity index (χ4n) is 1.33. The molecule has 0 aromatic carbocycles. The number of anilines is 1. The van der Waals surface area contributed by atoms with Crippen molar-refractivity contribution in [3.05, 3.63) is 18.6 Å². The lowest BCUT2D eigenvalue weighted by Crippen LogP contribution is -2.41. The standard InChI is InChI=1S/C10H17N3O/c1-3-10(4-2,7-14)13-9-5-6-11-8-12-9/h5-6,8,14H,3-4,7H2,1-2H3,(H,11,12,13). The maximum atomic E-state index is 9.33. The van der Waals surface area contributed by atoms with E-state index in [4.69, 9.17) is 0 Å². The average molecular weight is 195 g/mol. The first-order valence-electron chi connectivity index (χ1n) is 4.91. The largest absolute Gasteiger partial charge is 0.394 e.